The van der Waals surface area contributed by atoms with Crippen LogP contribution in [0.3, 0.4) is 0 Å². The minimum atomic E-state index is -3.72. The summed E-state index contributed by atoms with van der Waals surface area (Å²) >= 11 is 0. The lowest BCUT2D eigenvalue weighted by atomic mass is 9.88. The number of aliphatic hydroxyl groups excluding tert-OH is 1. The molecule has 15 heteroatoms. The Bertz CT molecular complexity index is 1460. The van der Waals surface area contributed by atoms with E-state index in [1.807, 2.05) is 6.92 Å². The average Bonchev–Trinajstić information content (AvgIpc) is 3.40. The minimum absolute atomic E-state index is 0.0109. The number of nitrogens with zero attached hydrogens (tertiary/aromatic N) is 3. The van der Waals surface area contributed by atoms with Crippen molar-refractivity contribution in [3.8, 4) is 11.6 Å². The fourth-order valence-electron chi connectivity index (χ4n) is 5.61. The smallest absolute Gasteiger partial charge is 0.244 e. The second-order valence-electron chi connectivity index (χ2n) is 10.8. The molecule has 1 aromatic heterocycles. The quantitative estimate of drug-likeness (QED) is 0.320. The van der Waals surface area contributed by atoms with Gasteiger partial charge in [0.25, 0.3) is 0 Å². The number of pyridine rings is 1. The normalized spacial score (nSPS) is 21.6. The molecule has 2 aromatic rings. The van der Waals surface area contributed by atoms with Crippen LogP contribution in [0, 0.1) is 0 Å². The maximum Gasteiger partial charge on any atom is 0.244 e. The van der Waals surface area contributed by atoms with Crippen LogP contribution in [0.5, 0.6) is 11.6 Å². The average molecular weight is 626 g/mol. The van der Waals surface area contributed by atoms with Crippen LogP contribution in [0.2, 0.25) is 0 Å². The highest BCUT2D eigenvalue weighted by molar-refractivity contribution is 7.89. The van der Waals surface area contributed by atoms with Gasteiger partial charge in [0, 0.05) is 38.3 Å². The Morgan fingerprint density at radius 1 is 1.17 bits per heavy atom. The minimum Gasteiger partial charge on any atom is -0.491 e. The molecule has 3 aliphatic heterocycles. The van der Waals surface area contributed by atoms with Gasteiger partial charge in [0.1, 0.15) is 35.7 Å². The van der Waals surface area contributed by atoms with E-state index in [1.165, 1.54) is 29.7 Å². The molecule has 0 bridgehead atoms. The highest BCUT2D eigenvalue weighted by atomic mass is 32.2. The van der Waals surface area contributed by atoms with E-state index in [4.69, 9.17) is 14.2 Å². The Hall–Kier alpha value is -2.53. The van der Waals surface area contributed by atoms with E-state index in [-0.39, 0.29) is 29.0 Å². The van der Waals surface area contributed by atoms with Crippen LogP contribution in [-0.2, 0) is 24.8 Å². The number of nitrogens with one attached hydrogen (secondary N) is 2. The van der Waals surface area contributed by atoms with E-state index in [2.05, 4.69) is 19.9 Å². The first kappa shape index (κ1) is 30.9. The van der Waals surface area contributed by atoms with E-state index in [0.29, 0.717) is 69.4 Å². The maximum absolute atomic E-state index is 13.5. The number of rotatable bonds is 11. The zero-order chi connectivity index (χ0) is 30.0. The fourth-order valence-corrected chi connectivity index (χ4v) is 7.79. The lowest BCUT2D eigenvalue weighted by molar-refractivity contribution is -0.0312. The van der Waals surface area contributed by atoms with Crippen LogP contribution in [-0.4, -0.2) is 109 Å². The van der Waals surface area contributed by atoms with E-state index in [0.717, 1.165) is 6.54 Å². The molecule has 2 saturated heterocycles. The van der Waals surface area contributed by atoms with Gasteiger partial charge >= 0.3 is 0 Å². The van der Waals surface area contributed by atoms with Gasteiger partial charge in [-0.1, -0.05) is 6.07 Å². The molecule has 2 unspecified atom stereocenters. The topological polar surface area (TPSA) is 160 Å². The molecule has 3 aliphatic rings. The lowest BCUT2D eigenvalue weighted by Gasteiger charge is -2.38. The number of likely N-dealkylation sites (N-methyl/N-ethyl adjacent to an activating group) is 1. The zero-order valence-corrected chi connectivity index (χ0v) is 25.5. The van der Waals surface area contributed by atoms with Crippen molar-refractivity contribution in [2.24, 2.45) is 0 Å². The number of anilines is 1. The molecule has 2 fully saturated rings. The molecule has 3 N–H and O–H groups in total. The van der Waals surface area contributed by atoms with Gasteiger partial charge in [-0.3, -0.25) is 0 Å². The Balaban J connectivity index is 1.10. The van der Waals surface area contributed by atoms with Crippen molar-refractivity contribution in [3.63, 3.8) is 0 Å². The predicted molar refractivity (Wildman–Crippen MR) is 155 cm³/mol. The zero-order valence-electron chi connectivity index (χ0n) is 23.9. The fraction of sp³-hybridized carbons (Fsp3) is 0.593. The van der Waals surface area contributed by atoms with Gasteiger partial charge in [-0.15, -0.1) is 0 Å². The monoisotopic (exact) mass is 625 g/mol. The number of ether oxygens (including phenoxy) is 3. The molecule has 0 radical (unpaired) electrons. The number of aliphatic hydroxyl groups is 1. The molecule has 232 valence electrons. The van der Waals surface area contributed by atoms with Crippen LogP contribution in [0.25, 0.3) is 0 Å². The highest BCUT2D eigenvalue weighted by Gasteiger charge is 2.45. The third-order valence-corrected chi connectivity index (χ3v) is 11.4. The molecule has 4 heterocycles. The highest BCUT2D eigenvalue weighted by Crippen LogP contribution is 2.38. The SMILES string of the molecule is CCN1CCOc2ncc(S(=O)(=O)N3CCC4(CC3)CC(NCC(O)COc3cccc(S(=O)(=O)NC)c3)CO4)cc21. The van der Waals surface area contributed by atoms with Crippen molar-refractivity contribution in [1.29, 1.82) is 0 Å². The summed E-state index contributed by atoms with van der Waals surface area (Å²) in [5.74, 6) is 0.806. The van der Waals surface area contributed by atoms with Crippen molar-refractivity contribution in [2.45, 2.75) is 53.7 Å². The molecule has 5 rings (SSSR count). The van der Waals surface area contributed by atoms with E-state index >= 15 is 0 Å². The van der Waals surface area contributed by atoms with Gasteiger partial charge in [-0.2, -0.15) is 4.31 Å². The number of hydrogen-bond acceptors (Lipinski definition) is 11. The van der Waals surface area contributed by atoms with Gasteiger partial charge in [0.2, 0.25) is 25.9 Å². The molecule has 2 atom stereocenters. The third kappa shape index (κ3) is 6.67. The van der Waals surface area contributed by atoms with Crippen molar-refractivity contribution < 1.29 is 36.2 Å². The number of piperidine rings is 1. The van der Waals surface area contributed by atoms with Crippen molar-refractivity contribution >= 4 is 25.7 Å². The number of fused-ring (bicyclic) bond motifs is 1. The molecule has 42 heavy (non-hydrogen) atoms. The molecule has 0 aliphatic carbocycles. The Labute approximate surface area is 247 Å². The Morgan fingerprint density at radius 3 is 2.69 bits per heavy atom. The van der Waals surface area contributed by atoms with Crippen LogP contribution >= 0.6 is 0 Å². The second-order valence-corrected chi connectivity index (χ2v) is 14.6. The molecule has 0 amide bonds. The summed E-state index contributed by atoms with van der Waals surface area (Å²) in [6.07, 6.45) is 2.41. The first-order chi connectivity index (χ1) is 20.0. The van der Waals surface area contributed by atoms with Gasteiger partial charge in [0.15, 0.2) is 0 Å². The third-order valence-electron chi connectivity index (χ3n) is 8.08. The van der Waals surface area contributed by atoms with Gasteiger partial charge in [-0.25, -0.2) is 26.5 Å². The summed E-state index contributed by atoms with van der Waals surface area (Å²) in [5, 5.41) is 13.8. The maximum atomic E-state index is 13.5. The number of hydrogen-bond donors (Lipinski definition) is 3. The Kier molecular flexibility index (Phi) is 9.27. The second kappa shape index (κ2) is 12.6. The van der Waals surface area contributed by atoms with Crippen LogP contribution in [0.15, 0.2) is 46.3 Å². The van der Waals surface area contributed by atoms with Crippen LogP contribution in [0.4, 0.5) is 5.69 Å². The molecule has 1 aromatic carbocycles. The van der Waals surface area contributed by atoms with Crippen molar-refractivity contribution in [3.05, 3.63) is 36.5 Å². The first-order valence-corrected chi connectivity index (χ1v) is 17.1. The van der Waals surface area contributed by atoms with E-state index < -0.39 is 31.8 Å². The van der Waals surface area contributed by atoms with E-state index in [9.17, 15) is 21.9 Å². The van der Waals surface area contributed by atoms with Crippen LogP contribution < -0.4 is 24.4 Å². The molecule has 1 spiro atoms. The largest absolute Gasteiger partial charge is 0.491 e. The summed E-state index contributed by atoms with van der Waals surface area (Å²) in [5.41, 5.74) is 0.292. The summed E-state index contributed by atoms with van der Waals surface area (Å²) in [6, 6.07) is 7.75. The van der Waals surface area contributed by atoms with Gasteiger partial charge in [0.05, 0.1) is 29.8 Å². The standard InChI is InChI=1S/C27H39N5O8S2/c1-3-31-11-12-38-26-25(31)14-24(17-30-26)42(36,37)32-9-7-27(8-10-32)15-20(18-40-27)29-16-21(33)19-39-22-5-4-6-23(13-22)41(34,35)28-2/h4-6,13-14,17,20-21,28-29,33H,3,7-12,15-16,18-19H2,1-2H3. The summed E-state index contributed by atoms with van der Waals surface area (Å²) < 4.78 is 72.1. The van der Waals surface area contributed by atoms with Gasteiger partial charge < -0.3 is 29.5 Å². The number of sulfonamides is 2. The molecule has 0 saturated carbocycles. The lowest BCUT2D eigenvalue weighted by Crippen LogP contribution is -2.47. The predicted octanol–water partition coefficient (Wildman–Crippen LogP) is 0.550. The number of aromatic nitrogens is 1. The van der Waals surface area contributed by atoms with Crippen molar-refractivity contribution in [1.82, 2.24) is 19.3 Å². The van der Waals surface area contributed by atoms with Crippen LogP contribution in [0.1, 0.15) is 26.2 Å². The summed E-state index contributed by atoms with van der Waals surface area (Å²) in [7, 11) is -5.97. The van der Waals surface area contributed by atoms with Crippen molar-refractivity contribution in [2.75, 3.05) is 64.5 Å². The summed E-state index contributed by atoms with van der Waals surface area (Å²) in [4.78, 5) is 6.60. The first-order valence-electron chi connectivity index (χ1n) is 14.1. The molecule has 13 nitrogen and oxygen atoms in total. The molecular weight excluding hydrogens is 586 g/mol. The summed E-state index contributed by atoms with van der Waals surface area (Å²) in [6.45, 7) is 5.38. The van der Waals surface area contributed by atoms with E-state index in [1.54, 1.807) is 18.2 Å². The van der Waals surface area contributed by atoms with Gasteiger partial charge in [-0.05, 0) is 51.4 Å². The Morgan fingerprint density at radius 2 is 1.95 bits per heavy atom. The number of benzene rings is 1. The molecular formula is C27H39N5O8S2.